The molecule has 0 amide bonds. The van der Waals surface area contributed by atoms with Crippen LogP contribution in [0.1, 0.15) is 5.56 Å². The molecule has 0 bridgehead atoms. The predicted molar refractivity (Wildman–Crippen MR) is 55.1 cm³/mol. The highest BCUT2D eigenvalue weighted by Crippen LogP contribution is 2.29. The van der Waals surface area contributed by atoms with E-state index in [9.17, 15) is 4.39 Å². The molecule has 0 radical (unpaired) electrons. The number of nitriles is 1. The zero-order valence-electron chi connectivity index (χ0n) is 7.35. The Balaban J connectivity index is 2.29. The van der Waals surface area contributed by atoms with Crippen molar-refractivity contribution in [2.24, 2.45) is 0 Å². The van der Waals surface area contributed by atoms with Crippen molar-refractivity contribution in [2.45, 2.75) is 9.24 Å². The summed E-state index contributed by atoms with van der Waals surface area (Å²) in [4.78, 5) is 0.656. The van der Waals surface area contributed by atoms with E-state index in [1.807, 2.05) is 6.07 Å². The number of aromatic nitrogens is 2. The van der Waals surface area contributed by atoms with Crippen molar-refractivity contribution in [2.75, 3.05) is 0 Å². The molecule has 0 saturated heterocycles. The molecular weight excluding hydrogens is 233 g/mol. The maximum absolute atomic E-state index is 13.0. The van der Waals surface area contributed by atoms with Crippen molar-refractivity contribution in [1.82, 2.24) is 10.2 Å². The van der Waals surface area contributed by atoms with Gasteiger partial charge in [-0.2, -0.15) is 5.26 Å². The van der Waals surface area contributed by atoms with Crippen LogP contribution in [0.15, 0.2) is 32.9 Å². The topological polar surface area (TPSA) is 49.6 Å². The fourth-order valence-corrected chi connectivity index (χ4v) is 2.53. The van der Waals surface area contributed by atoms with E-state index in [1.54, 1.807) is 11.6 Å². The molecule has 2 aromatic rings. The van der Waals surface area contributed by atoms with Gasteiger partial charge >= 0.3 is 0 Å². The van der Waals surface area contributed by atoms with Gasteiger partial charge in [0.15, 0.2) is 4.34 Å². The van der Waals surface area contributed by atoms with Gasteiger partial charge in [-0.3, -0.25) is 0 Å². The summed E-state index contributed by atoms with van der Waals surface area (Å²) < 4.78 is 13.8. The molecule has 0 aliphatic carbocycles. The van der Waals surface area contributed by atoms with Crippen LogP contribution >= 0.6 is 23.1 Å². The van der Waals surface area contributed by atoms with Gasteiger partial charge in [0.1, 0.15) is 11.3 Å². The second-order valence-electron chi connectivity index (χ2n) is 2.59. The molecular formula is C9H4FN3S2. The second kappa shape index (κ2) is 4.38. The highest BCUT2D eigenvalue weighted by Gasteiger charge is 2.04. The van der Waals surface area contributed by atoms with Crippen LogP contribution in [0.4, 0.5) is 4.39 Å². The van der Waals surface area contributed by atoms with Crippen LogP contribution in [-0.2, 0) is 0 Å². The molecule has 0 fully saturated rings. The molecule has 15 heavy (non-hydrogen) atoms. The number of nitrogens with zero attached hydrogens (tertiary/aromatic N) is 3. The van der Waals surface area contributed by atoms with Crippen LogP contribution in [-0.4, -0.2) is 10.2 Å². The Morgan fingerprint density at radius 3 is 2.93 bits per heavy atom. The summed E-state index contributed by atoms with van der Waals surface area (Å²) in [6, 6.07) is 6.09. The van der Waals surface area contributed by atoms with Crippen LogP contribution < -0.4 is 0 Å². The summed E-state index contributed by atoms with van der Waals surface area (Å²) in [5.74, 6) is -0.416. The first-order valence-electron chi connectivity index (χ1n) is 3.92. The van der Waals surface area contributed by atoms with Crippen LogP contribution in [0.2, 0.25) is 0 Å². The number of rotatable bonds is 2. The van der Waals surface area contributed by atoms with Gasteiger partial charge in [-0.1, -0.05) is 23.1 Å². The molecule has 1 aromatic heterocycles. The van der Waals surface area contributed by atoms with Gasteiger partial charge in [-0.15, -0.1) is 10.2 Å². The third-order valence-electron chi connectivity index (χ3n) is 1.55. The number of hydrogen-bond acceptors (Lipinski definition) is 5. The van der Waals surface area contributed by atoms with E-state index in [-0.39, 0.29) is 0 Å². The molecule has 0 spiro atoms. The van der Waals surface area contributed by atoms with E-state index >= 15 is 0 Å². The monoisotopic (exact) mass is 237 g/mol. The minimum absolute atomic E-state index is 0.307. The van der Waals surface area contributed by atoms with E-state index < -0.39 is 5.82 Å². The molecule has 0 aliphatic heterocycles. The molecule has 0 N–H and O–H groups in total. The van der Waals surface area contributed by atoms with Crippen molar-refractivity contribution >= 4 is 23.1 Å². The van der Waals surface area contributed by atoms with E-state index in [0.717, 1.165) is 4.34 Å². The van der Waals surface area contributed by atoms with E-state index in [4.69, 9.17) is 5.26 Å². The van der Waals surface area contributed by atoms with Gasteiger partial charge in [-0.25, -0.2) is 4.39 Å². The number of benzene rings is 1. The first-order chi connectivity index (χ1) is 7.28. The Morgan fingerprint density at radius 2 is 2.27 bits per heavy atom. The molecule has 2 rings (SSSR count). The fraction of sp³-hybridized carbons (Fsp3) is 0. The highest BCUT2D eigenvalue weighted by molar-refractivity contribution is 8.01. The van der Waals surface area contributed by atoms with Gasteiger partial charge < -0.3 is 0 Å². The van der Waals surface area contributed by atoms with Crippen LogP contribution in [0.25, 0.3) is 0 Å². The predicted octanol–water partition coefficient (Wildman–Crippen LogP) is 2.70. The lowest BCUT2D eigenvalue weighted by atomic mass is 10.2. The van der Waals surface area contributed by atoms with Gasteiger partial charge in [0.25, 0.3) is 0 Å². The smallest absolute Gasteiger partial charge is 0.178 e. The molecule has 1 aromatic carbocycles. The average molecular weight is 237 g/mol. The minimum atomic E-state index is -0.416. The SMILES string of the molecule is N#Cc1cc(F)cc(Sc2nncs2)c1. The maximum Gasteiger partial charge on any atom is 0.178 e. The summed E-state index contributed by atoms with van der Waals surface area (Å²) in [6.45, 7) is 0. The fourth-order valence-electron chi connectivity index (χ4n) is 0.994. The third kappa shape index (κ3) is 2.52. The van der Waals surface area contributed by atoms with Crippen LogP contribution in [0.3, 0.4) is 0 Å². The largest absolute Gasteiger partial charge is 0.207 e. The number of hydrogen-bond donors (Lipinski definition) is 0. The molecule has 1 heterocycles. The van der Waals surface area contributed by atoms with Crippen molar-refractivity contribution in [3.63, 3.8) is 0 Å². The minimum Gasteiger partial charge on any atom is -0.207 e. The Morgan fingerprint density at radius 1 is 1.40 bits per heavy atom. The maximum atomic E-state index is 13.0. The molecule has 0 atom stereocenters. The quantitative estimate of drug-likeness (QED) is 0.805. The lowest BCUT2D eigenvalue weighted by molar-refractivity contribution is 0.623. The van der Waals surface area contributed by atoms with Crippen molar-refractivity contribution in [3.05, 3.63) is 35.1 Å². The summed E-state index contributed by atoms with van der Waals surface area (Å²) in [5, 5.41) is 16.2. The van der Waals surface area contributed by atoms with E-state index in [1.165, 1.54) is 35.2 Å². The van der Waals surface area contributed by atoms with E-state index in [0.29, 0.717) is 10.5 Å². The third-order valence-corrected chi connectivity index (χ3v) is 3.29. The molecule has 0 aliphatic rings. The van der Waals surface area contributed by atoms with Gasteiger partial charge in [0, 0.05) is 4.90 Å². The zero-order chi connectivity index (χ0) is 10.7. The number of halogens is 1. The summed E-state index contributed by atoms with van der Waals surface area (Å²) >= 11 is 2.66. The molecule has 0 saturated carbocycles. The van der Waals surface area contributed by atoms with Crippen molar-refractivity contribution in [3.8, 4) is 6.07 Å². The Labute approximate surface area is 93.6 Å². The standard InChI is InChI=1S/C9H4FN3S2/c10-7-1-6(4-11)2-8(3-7)15-9-13-12-5-14-9/h1-3,5H. The van der Waals surface area contributed by atoms with Crippen molar-refractivity contribution in [1.29, 1.82) is 5.26 Å². The summed E-state index contributed by atoms with van der Waals surface area (Å²) in [5.41, 5.74) is 1.91. The summed E-state index contributed by atoms with van der Waals surface area (Å²) in [7, 11) is 0. The van der Waals surface area contributed by atoms with Crippen LogP contribution in [0, 0.1) is 17.1 Å². The highest BCUT2D eigenvalue weighted by atomic mass is 32.2. The Hall–Kier alpha value is -1.45. The van der Waals surface area contributed by atoms with Gasteiger partial charge in [0.05, 0.1) is 11.6 Å². The first kappa shape index (κ1) is 10.1. The van der Waals surface area contributed by atoms with Crippen LogP contribution in [0.5, 0.6) is 0 Å². The summed E-state index contributed by atoms with van der Waals surface area (Å²) in [6.07, 6.45) is 0. The molecule has 3 nitrogen and oxygen atoms in total. The van der Waals surface area contributed by atoms with Crippen molar-refractivity contribution < 1.29 is 4.39 Å². The lowest BCUT2D eigenvalue weighted by Crippen LogP contribution is -1.81. The lowest BCUT2D eigenvalue weighted by Gasteiger charge is -1.98. The molecule has 74 valence electrons. The Kier molecular flexibility index (Phi) is 2.94. The first-order valence-corrected chi connectivity index (χ1v) is 5.62. The Bertz CT molecular complexity index is 505. The zero-order valence-corrected chi connectivity index (χ0v) is 8.98. The van der Waals surface area contributed by atoms with Gasteiger partial charge in [0.2, 0.25) is 0 Å². The average Bonchev–Trinajstić information content (AvgIpc) is 2.69. The van der Waals surface area contributed by atoms with E-state index in [2.05, 4.69) is 10.2 Å². The second-order valence-corrected chi connectivity index (χ2v) is 4.75. The molecule has 6 heteroatoms. The normalized spacial score (nSPS) is 9.87. The molecule has 0 unspecified atom stereocenters. The van der Waals surface area contributed by atoms with Gasteiger partial charge in [-0.05, 0) is 18.2 Å².